The number of amides is 1. The lowest BCUT2D eigenvalue weighted by atomic mass is 9.67. The summed E-state index contributed by atoms with van der Waals surface area (Å²) in [5.74, 6) is -2.90. The molecule has 1 aliphatic carbocycles. The number of likely N-dealkylation sites (tertiary alicyclic amines) is 1. The van der Waals surface area contributed by atoms with Crippen molar-refractivity contribution >= 4 is 44.9 Å². The predicted molar refractivity (Wildman–Crippen MR) is 155 cm³/mol. The number of aliphatic carboxylic acids is 1. The molecule has 1 saturated heterocycles. The lowest BCUT2D eigenvalue weighted by Crippen LogP contribution is -2.58. The highest BCUT2D eigenvalue weighted by molar-refractivity contribution is 7.91. The van der Waals surface area contributed by atoms with E-state index in [1.807, 2.05) is 30.3 Å². The number of carbonyl (C=O) groups excluding carboxylic acids is 1. The summed E-state index contributed by atoms with van der Waals surface area (Å²) in [7, 11) is -3.93. The molecule has 41 heavy (non-hydrogen) atoms. The van der Waals surface area contributed by atoms with Crippen molar-refractivity contribution < 1.29 is 27.5 Å². The van der Waals surface area contributed by atoms with Crippen LogP contribution in [0.25, 0.3) is 0 Å². The third-order valence-electron chi connectivity index (χ3n) is 8.22. The van der Waals surface area contributed by atoms with Crippen LogP contribution in [-0.4, -0.2) is 42.1 Å². The summed E-state index contributed by atoms with van der Waals surface area (Å²) in [6, 6.07) is 17.7. The van der Waals surface area contributed by atoms with E-state index < -0.39 is 51.5 Å². The maximum absolute atomic E-state index is 14.5. The second kappa shape index (κ2) is 11.4. The van der Waals surface area contributed by atoms with Gasteiger partial charge in [-0.2, -0.15) is 0 Å². The molecule has 6 nitrogen and oxygen atoms in total. The summed E-state index contributed by atoms with van der Waals surface area (Å²) >= 11 is 12.6. The van der Waals surface area contributed by atoms with Crippen LogP contribution < -0.4 is 0 Å². The van der Waals surface area contributed by atoms with Crippen LogP contribution in [-0.2, 0) is 19.4 Å². The number of piperidine rings is 1. The van der Waals surface area contributed by atoms with Crippen LogP contribution in [0.4, 0.5) is 4.39 Å². The molecule has 1 amide bonds. The minimum Gasteiger partial charge on any atom is -0.481 e. The van der Waals surface area contributed by atoms with E-state index in [1.54, 1.807) is 30.0 Å². The first-order valence-electron chi connectivity index (χ1n) is 13.4. The Morgan fingerprint density at radius 1 is 1.02 bits per heavy atom. The van der Waals surface area contributed by atoms with Crippen LogP contribution in [0.3, 0.4) is 0 Å². The monoisotopic (exact) mass is 617 g/mol. The molecule has 1 aliphatic heterocycles. The molecule has 2 fully saturated rings. The van der Waals surface area contributed by atoms with Gasteiger partial charge < -0.3 is 10.0 Å². The SMILES string of the molecule is C[C@]1(CC(=O)O)C[C@H](c2cccc(Cl)c2)[C@@H](c2ccc(Cl)cc2)N(C(CS(=O)(=O)c2ccc(F)cc2)C2CC2)C1=O. The lowest BCUT2D eigenvalue weighted by Gasteiger charge is -2.52. The molecule has 1 heterocycles. The number of benzene rings is 3. The first kappa shape index (κ1) is 29.5. The van der Waals surface area contributed by atoms with Gasteiger partial charge in [-0.1, -0.05) is 54.4 Å². The van der Waals surface area contributed by atoms with E-state index in [0.29, 0.717) is 10.0 Å². The van der Waals surface area contributed by atoms with E-state index in [0.717, 1.165) is 36.1 Å². The van der Waals surface area contributed by atoms with Crippen molar-refractivity contribution in [2.24, 2.45) is 11.3 Å². The summed E-state index contributed by atoms with van der Waals surface area (Å²) in [5.41, 5.74) is 0.284. The second-order valence-corrected chi connectivity index (χ2v) is 14.3. The van der Waals surface area contributed by atoms with Crippen LogP contribution in [0.2, 0.25) is 10.0 Å². The number of rotatable bonds is 9. The Morgan fingerprint density at radius 2 is 1.68 bits per heavy atom. The van der Waals surface area contributed by atoms with Crippen molar-refractivity contribution in [2.45, 2.75) is 55.5 Å². The Hall–Kier alpha value is -2.94. The van der Waals surface area contributed by atoms with Gasteiger partial charge >= 0.3 is 5.97 Å². The molecular weight excluding hydrogens is 588 g/mol. The van der Waals surface area contributed by atoms with E-state index >= 15 is 0 Å². The largest absolute Gasteiger partial charge is 0.481 e. The number of carboxylic acids is 1. The van der Waals surface area contributed by atoms with Gasteiger partial charge in [0, 0.05) is 22.0 Å². The molecule has 3 aromatic rings. The van der Waals surface area contributed by atoms with E-state index in [1.165, 1.54) is 12.1 Å². The summed E-state index contributed by atoms with van der Waals surface area (Å²) in [6.45, 7) is 1.64. The topological polar surface area (TPSA) is 91.8 Å². The number of sulfone groups is 1. The molecule has 4 atom stereocenters. The molecule has 0 aromatic heterocycles. The third kappa shape index (κ3) is 6.30. The lowest BCUT2D eigenvalue weighted by molar-refractivity contribution is -0.160. The van der Waals surface area contributed by atoms with E-state index in [2.05, 4.69) is 0 Å². The fourth-order valence-corrected chi connectivity index (χ4v) is 8.08. The molecular formula is C31H30Cl2FNO5S. The smallest absolute Gasteiger partial charge is 0.304 e. The minimum absolute atomic E-state index is 0.0308. The Labute approximate surface area is 249 Å². The number of halogens is 3. The normalized spacial score (nSPS) is 23.8. The fraction of sp³-hybridized carbons (Fsp3) is 0.355. The second-order valence-electron chi connectivity index (χ2n) is 11.3. The van der Waals surface area contributed by atoms with Crippen molar-refractivity contribution in [3.05, 3.63) is 99.8 Å². The first-order valence-corrected chi connectivity index (χ1v) is 15.8. The summed E-state index contributed by atoms with van der Waals surface area (Å²) in [6.07, 6.45) is 1.29. The molecule has 3 aromatic carbocycles. The maximum atomic E-state index is 14.5. The zero-order chi connectivity index (χ0) is 29.5. The average Bonchev–Trinajstić information content (AvgIpc) is 3.75. The molecule has 2 aliphatic rings. The minimum atomic E-state index is -3.93. The molecule has 1 unspecified atom stereocenters. The van der Waals surface area contributed by atoms with Crippen molar-refractivity contribution in [1.82, 2.24) is 4.90 Å². The van der Waals surface area contributed by atoms with E-state index in [4.69, 9.17) is 23.2 Å². The molecule has 0 bridgehead atoms. The predicted octanol–water partition coefficient (Wildman–Crippen LogP) is 6.92. The Balaban J connectivity index is 1.68. The molecule has 0 spiro atoms. The van der Waals surface area contributed by atoms with Crippen LogP contribution >= 0.6 is 23.2 Å². The van der Waals surface area contributed by atoms with E-state index in [-0.39, 0.29) is 28.9 Å². The van der Waals surface area contributed by atoms with Crippen molar-refractivity contribution in [3.8, 4) is 0 Å². The van der Waals surface area contributed by atoms with Crippen LogP contribution in [0, 0.1) is 17.2 Å². The quantitative estimate of drug-likeness (QED) is 0.263. The van der Waals surface area contributed by atoms with Crippen LogP contribution in [0.5, 0.6) is 0 Å². The molecule has 5 rings (SSSR count). The Bertz CT molecular complexity index is 1560. The van der Waals surface area contributed by atoms with Crippen molar-refractivity contribution in [2.75, 3.05) is 5.75 Å². The molecule has 216 valence electrons. The van der Waals surface area contributed by atoms with Gasteiger partial charge in [-0.3, -0.25) is 9.59 Å². The number of carboxylic acid groups (broad SMARTS) is 1. The standard InChI is InChI=1S/C31H30Cl2FNO5S/c1-31(17-28(36)37)16-26(21-3-2-4-23(33)15-21)29(20-7-9-22(32)10-8-20)35(30(31)38)27(19-5-6-19)18-41(39,40)25-13-11-24(34)12-14-25/h2-4,7-15,19,26-27,29H,5-6,16-18H2,1H3,(H,36,37)/t26-,27?,29-,31-/m1/s1. The van der Waals surface area contributed by atoms with Gasteiger partial charge in [-0.25, -0.2) is 12.8 Å². The fourth-order valence-electron chi connectivity index (χ4n) is 6.13. The maximum Gasteiger partial charge on any atom is 0.304 e. The van der Waals surface area contributed by atoms with E-state index in [9.17, 15) is 27.5 Å². The first-order chi connectivity index (χ1) is 19.4. The van der Waals surface area contributed by atoms with Gasteiger partial charge in [0.15, 0.2) is 9.84 Å². The van der Waals surface area contributed by atoms with Crippen LogP contribution in [0.15, 0.2) is 77.7 Å². The highest BCUT2D eigenvalue weighted by atomic mass is 35.5. The number of hydrogen-bond acceptors (Lipinski definition) is 4. The zero-order valence-electron chi connectivity index (χ0n) is 22.3. The third-order valence-corrected chi connectivity index (χ3v) is 10.5. The van der Waals surface area contributed by atoms with Crippen molar-refractivity contribution in [3.63, 3.8) is 0 Å². The zero-order valence-corrected chi connectivity index (χ0v) is 24.7. The molecule has 1 saturated carbocycles. The molecule has 1 N–H and O–H groups in total. The summed E-state index contributed by atoms with van der Waals surface area (Å²) in [4.78, 5) is 28.1. The Kier molecular flexibility index (Phi) is 8.21. The van der Waals surface area contributed by atoms with Crippen molar-refractivity contribution in [1.29, 1.82) is 0 Å². The summed E-state index contributed by atoms with van der Waals surface area (Å²) in [5, 5.41) is 10.8. The van der Waals surface area contributed by atoms with Gasteiger partial charge in [-0.15, -0.1) is 0 Å². The van der Waals surface area contributed by atoms with Gasteiger partial charge in [0.05, 0.1) is 28.5 Å². The highest BCUT2D eigenvalue weighted by Gasteiger charge is 2.55. The molecule has 10 heteroatoms. The van der Waals surface area contributed by atoms with Gasteiger partial charge in [0.25, 0.3) is 0 Å². The number of hydrogen-bond donors (Lipinski definition) is 1. The summed E-state index contributed by atoms with van der Waals surface area (Å²) < 4.78 is 40.9. The van der Waals surface area contributed by atoms with Gasteiger partial charge in [0.1, 0.15) is 5.82 Å². The Morgan fingerprint density at radius 3 is 2.27 bits per heavy atom. The molecule has 0 radical (unpaired) electrons. The van der Waals surface area contributed by atoms with Gasteiger partial charge in [0.2, 0.25) is 5.91 Å². The van der Waals surface area contributed by atoms with Gasteiger partial charge in [-0.05, 0) is 84.8 Å². The number of nitrogens with zero attached hydrogens (tertiary/aromatic N) is 1. The van der Waals surface area contributed by atoms with Crippen LogP contribution in [0.1, 0.15) is 55.7 Å². The number of carbonyl (C=O) groups is 2. The highest BCUT2D eigenvalue weighted by Crippen LogP contribution is 2.54. The average molecular weight is 619 g/mol.